The van der Waals surface area contributed by atoms with E-state index < -0.39 is 11.6 Å². The average Bonchev–Trinajstić information content (AvgIpc) is 2.29. The van der Waals surface area contributed by atoms with Crippen molar-refractivity contribution in [3.8, 4) is 0 Å². The van der Waals surface area contributed by atoms with Crippen molar-refractivity contribution in [2.75, 3.05) is 6.54 Å². The Kier molecular flexibility index (Phi) is 5.68. The van der Waals surface area contributed by atoms with Gasteiger partial charge >= 0.3 is 6.09 Å². The topological polar surface area (TPSA) is 66.6 Å². The van der Waals surface area contributed by atoms with Crippen LogP contribution in [0.2, 0.25) is 10.0 Å². The van der Waals surface area contributed by atoms with Crippen molar-refractivity contribution in [1.29, 1.82) is 0 Å². The molecule has 1 amide bonds. The molecule has 0 heterocycles. The minimum atomic E-state index is -0.970. The molecule has 6 heteroatoms. The zero-order valence-corrected chi connectivity index (χ0v) is 13.4. The highest BCUT2D eigenvalue weighted by atomic mass is 35.5. The van der Waals surface area contributed by atoms with Crippen LogP contribution < -0.4 is 5.73 Å². The molecule has 1 aromatic rings. The molecular formula is C14H20Cl2N2O2. The molecule has 4 nitrogen and oxygen atoms in total. The third-order valence-electron chi connectivity index (χ3n) is 2.94. The maximum Gasteiger partial charge on any atom is 0.407 e. The number of nitrogens with zero attached hydrogens (tertiary/aromatic N) is 1. The summed E-state index contributed by atoms with van der Waals surface area (Å²) >= 11 is 11.8. The number of halogens is 2. The Morgan fingerprint density at radius 2 is 1.95 bits per heavy atom. The van der Waals surface area contributed by atoms with E-state index in [1.54, 1.807) is 12.1 Å². The highest BCUT2D eigenvalue weighted by Gasteiger charge is 2.27. The van der Waals surface area contributed by atoms with E-state index in [0.717, 1.165) is 5.56 Å². The first-order chi connectivity index (χ1) is 9.11. The number of carboxylic acid groups (broad SMARTS) is 1. The van der Waals surface area contributed by atoms with E-state index in [1.165, 1.54) is 4.90 Å². The number of carbonyl (C=O) groups is 1. The van der Waals surface area contributed by atoms with Gasteiger partial charge in [-0.2, -0.15) is 0 Å². The summed E-state index contributed by atoms with van der Waals surface area (Å²) in [5, 5.41) is 10.2. The van der Waals surface area contributed by atoms with Crippen molar-refractivity contribution >= 4 is 29.3 Å². The maximum atomic E-state index is 11.3. The van der Waals surface area contributed by atoms with Crippen LogP contribution in [0.25, 0.3) is 0 Å². The molecule has 0 aliphatic rings. The van der Waals surface area contributed by atoms with Crippen LogP contribution in [0.3, 0.4) is 0 Å². The molecule has 1 aromatic carbocycles. The van der Waals surface area contributed by atoms with Gasteiger partial charge in [0.05, 0.1) is 10.0 Å². The molecule has 0 saturated carbocycles. The molecule has 0 radical (unpaired) electrons. The van der Waals surface area contributed by atoms with E-state index >= 15 is 0 Å². The zero-order chi connectivity index (χ0) is 15.5. The predicted molar refractivity (Wildman–Crippen MR) is 82.6 cm³/mol. The first-order valence-corrected chi connectivity index (χ1v) is 7.07. The number of hydrogen-bond acceptors (Lipinski definition) is 2. The Labute approximate surface area is 129 Å². The quantitative estimate of drug-likeness (QED) is 0.890. The smallest absolute Gasteiger partial charge is 0.407 e. The lowest BCUT2D eigenvalue weighted by Crippen LogP contribution is -2.50. The summed E-state index contributed by atoms with van der Waals surface area (Å²) in [7, 11) is 0. The van der Waals surface area contributed by atoms with Crippen molar-refractivity contribution in [3.63, 3.8) is 0 Å². The van der Waals surface area contributed by atoms with Crippen molar-refractivity contribution in [1.82, 2.24) is 4.90 Å². The molecule has 1 rings (SSSR count). The highest BCUT2D eigenvalue weighted by molar-refractivity contribution is 6.42. The number of hydrogen-bond donors (Lipinski definition) is 2. The van der Waals surface area contributed by atoms with Crippen LogP contribution in [0.4, 0.5) is 4.79 Å². The molecule has 112 valence electrons. The molecule has 0 unspecified atom stereocenters. The monoisotopic (exact) mass is 318 g/mol. The number of rotatable bonds is 4. The van der Waals surface area contributed by atoms with Gasteiger partial charge in [0, 0.05) is 18.1 Å². The Morgan fingerprint density at radius 3 is 2.40 bits per heavy atom. The molecule has 0 bridgehead atoms. The second-order valence-electron chi connectivity index (χ2n) is 5.78. The number of amides is 1. The van der Waals surface area contributed by atoms with Gasteiger partial charge in [-0.3, -0.25) is 0 Å². The normalized spacial score (nSPS) is 13.1. The van der Waals surface area contributed by atoms with E-state index in [9.17, 15) is 9.90 Å². The van der Waals surface area contributed by atoms with Crippen LogP contribution in [0.15, 0.2) is 18.2 Å². The van der Waals surface area contributed by atoms with Gasteiger partial charge in [0.2, 0.25) is 0 Å². The molecule has 3 N–H and O–H groups in total. The third kappa shape index (κ3) is 4.85. The summed E-state index contributed by atoms with van der Waals surface area (Å²) < 4.78 is 0. The van der Waals surface area contributed by atoms with E-state index in [1.807, 2.05) is 26.8 Å². The fourth-order valence-corrected chi connectivity index (χ4v) is 2.23. The van der Waals surface area contributed by atoms with E-state index in [2.05, 4.69) is 0 Å². The van der Waals surface area contributed by atoms with Gasteiger partial charge in [-0.1, -0.05) is 29.3 Å². The Bertz CT molecular complexity index is 487. The SMILES string of the molecule is CC(C)(C)N(C[C@H](N)Cc1ccc(Cl)c(Cl)c1)C(=O)O. The summed E-state index contributed by atoms with van der Waals surface area (Å²) in [6, 6.07) is 5.01. The zero-order valence-electron chi connectivity index (χ0n) is 11.9. The maximum absolute atomic E-state index is 11.3. The van der Waals surface area contributed by atoms with Crippen molar-refractivity contribution in [3.05, 3.63) is 33.8 Å². The van der Waals surface area contributed by atoms with Gasteiger partial charge in [-0.05, 0) is 44.9 Å². The molecule has 0 spiro atoms. The molecule has 0 aliphatic carbocycles. The molecule has 20 heavy (non-hydrogen) atoms. The summed E-state index contributed by atoms with van der Waals surface area (Å²) in [6.07, 6.45) is -0.432. The average molecular weight is 319 g/mol. The van der Waals surface area contributed by atoms with Gasteiger partial charge in [-0.25, -0.2) is 4.79 Å². The second kappa shape index (κ2) is 6.66. The van der Waals surface area contributed by atoms with Gasteiger partial charge in [-0.15, -0.1) is 0 Å². The van der Waals surface area contributed by atoms with Gasteiger partial charge in [0.1, 0.15) is 0 Å². The highest BCUT2D eigenvalue weighted by Crippen LogP contribution is 2.23. The minimum absolute atomic E-state index is 0.263. The first-order valence-electron chi connectivity index (χ1n) is 6.31. The minimum Gasteiger partial charge on any atom is -0.465 e. The first kappa shape index (κ1) is 17.1. The number of nitrogens with two attached hydrogens (primary N) is 1. The predicted octanol–water partition coefficient (Wildman–Crippen LogP) is 3.64. The van der Waals surface area contributed by atoms with Crippen LogP contribution in [0.5, 0.6) is 0 Å². The molecule has 0 aromatic heterocycles. The van der Waals surface area contributed by atoms with Crippen LogP contribution in [0, 0.1) is 0 Å². The van der Waals surface area contributed by atoms with Gasteiger partial charge < -0.3 is 15.7 Å². The molecular weight excluding hydrogens is 299 g/mol. The van der Waals surface area contributed by atoms with Gasteiger partial charge in [0.25, 0.3) is 0 Å². The van der Waals surface area contributed by atoms with Crippen LogP contribution in [-0.2, 0) is 6.42 Å². The van der Waals surface area contributed by atoms with Crippen molar-refractivity contribution in [2.24, 2.45) is 5.73 Å². The summed E-state index contributed by atoms with van der Waals surface area (Å²) in [5.41, 5.74) is 6.50. The third-order valence-corrected chi connectivity index (χ3v) is 3.68. The summed E-state index contributed by atoms with van der Waals surface area (Å²) in [6.45, 7) is 5.78. The number of benzene rings is 1. The lowest BCUT2D eigenvalue weighted by atomic mass is 10.0. The lowest BCUT2D eigenvalue weighted by molar-refractivity contribution is 0.0960. The van der Waals surface area contributed by atoms with E-state index in [-0.39, 0.29) is 12.6 Å². The van der Waals surface area contributed by atoms with Crippen molar-refractivity contribution < 1.29 is 9.90 Å². The molecule has 0 saturated heterocycles. The largest absolute Gasteiger partial charge is 0.465 e. The van der Waals surface area contributed by atoms with E-state index in [0.29, 0.717) is 16.5 Å². The Balaban J connectivity index is 2.73. The Hall–Kier alpha value is -0.970. The molecule has 0 fully saturated rings. The fourth-order valence-electron chi connectivity index (χ4n) is 1.91. The lowest BCUT2D eigenvalue weighted by Gasteiger charge is -2.35. The van der Waals surface area contributed by atoms with Crippen LogP contribution in [-0.4, -0.2) is 34.2 Å². The molecule has 0 aliphatic heterocycles. The standard InChI is InChI=1S/C14H20Cl2N2O2/c1-14(2,3)18(13(19)20)8-10(17)6-9-4-5-11(15)12(16)7-9/h4-5,7,10H,6,8,17H2,1-3H3,(H,19,20)/t10-/m1/s1. The second-order valence-corrected chi connectivity index (χ2v) is 6.59. The van der Waals surface area contributed by atoms with Crippen LogP contribution >= 0.6 is 23.2 Å². The summed E-state index contributed by atoms with van der Waals surface area (Å²) in [4.78, 5) is 12.6. The van der Waals surface area contributed by atoms with Gasteiger partial charge in [0.15, 0.2) is 0 Å². The van der Waals surface area contributed by atoms with Crippen molar-refractivity contribution in [2.45, 2.75) is 38.8 Å². The molecule has 1 atom stereocenters. The fraction of sp³-hybridized carbons (Fsp3) is 0.500. The van der Waals surface area contributed by atoms with E-state index in [4.69, 9.17) is 28.9 Å². The summed E-state index contributed by atoms with van der Waals surface area (Å²) in [5.74, 6) is 0. The van der Waals surface area contributed by atoms with Crippen LogP contribution in [0.1, 0.15) is 26.3 Å². The Morgan fingerprint density at radius 1 is 1.35 bits per heavy atom.